The molecule has 0 radical (unpaired) electrons. The van der Waals surface area contributed by atoms with E-state index in [1.807, 2.05) is 6.92 Å². The van der Waals surface area contributed by atoms with Crippen LogP contribution in [0.3, 0.4) is 0 Å². The maximum absolute atomic E-state index is 12.1. The molecular formula is C11H18N2O3. The summed E-state index contributed by atoms with van der Waals surface area (Å²) in [5.74, 6) is 0.134. The molecule has 2 fully saturated rings. The molecule has 0 aromatic heterocycles. The first-order valence-electron chi connectivity index (χ1n) is 5.82. The van der Waals surface area contributed by atoms with Crippen molar-refractivity contribution in [3.63, 3.8) is 0 Å². The Labute approximate surface area is 95.0 Å². The molecule has 0 aromatic carbocycles. The minimum Gasteiger partial charge on any atom is -0.396 e. The van der Waals surface area contributed by atoms with Crippen molar-refractivity contribution in [1.29, 1.82) is 0 Å². The Morgan fingerprint density at radius 2 is 2.25 bits per heavy atom. The van der Waals surface area contributed by atoms with Gasteiger partial charge in [0.15, 0.2) is 0 Å². The van der Waals surface area contributed by atoms with Gasteiger partial charge in [-0.2, -0.15) is 0 Å². The van der Waals surface area contributed by atoms with E-state index in [9.17, 15) is 9.59 Å². The number of rotatable bonds is 3. The summed E-state index contributed by atoms with van der Waals surface area (Å²) in [5.41, 5.74) is 0. The number of fused-ring (bicyclic) bond motifs is 1. The molecule has 0 bridgehead atoms. The SMILES string of the molecule is CC(CO)CN1CC(=O)N2CCCC2C1=O. The van der Waals surface area contributed by atoms with Gasteiger partial charge in [-0.1, -0.05) is 6.92 Å². The number of amides is 2. The van der Waals surface area contributed by atoms with Crippen LogP contribution >= 0.6 is 0 Å². The van der Waals surface area contributed by atoms with Gasteiger partial charge < -0.3 is 14.9 Å². The minimum atomic E-state index is -0.229. The summed E-state index contributed by atoms with van der Waals surface area (Å²) in [6.07, 6.45) is 1.71. The van der Waals surface area contributed by atoms with Gasteiger partial charge in [0.2, 0.25) is 11.8 Å². The van der Waals surface area contributed by atoms with Crippen molar-refractivity contribution in [2.24, 2.45) is 5.92 Å². The number of aliphatic hydroxyl groups is 1. The van der Waals surface area contributed by atoms with Crippen LogP contribution in [-0.4, -0.2) is 59.0 Å². The van der Waals surface area contributed by atoms with Crippen LogP contribution in [0, 0.1) is 5.92 Å². The number of hydrogen-bond donors (Lipinski definition) is 1. The van der Waals surface area contributed by atoms with Crippen molar-refractivity contribution in [3.8, 4) is 0 Å². The quantitative estimate of drug-likeness (QED) is 0.702. The highest BCUT2D eigenvalue weighted by Crippen LogP contribution is 2.23. The van der Waals surface area contributed by atoms with Crippen molar-refractivity contribution in [3.05, 3.63) is 0 Å². The maximum atomic E-state index is 12.1. The Kier molecular flexibility index (Phi) is 3.14. The van der Waals surface area contributed by atoms with Crippen LogP contribution < -0.4 is 0 Å². The molecular weight excluding hydrogens is 208 g/mol. The molecule has 2 rings (SSSR count). The minimum absolute atomic E-state index is 0.0321. The van der Waals surface area contributed by atoms with Crippen LogP contribution in [0.15, 0.2) is 0 Å². The summed E-state index contributed by atoms with van der Waals surface area (Å²) in [6.45, 7) is 3.30. The molecule has 2 amide bonds. The van der Waals surface area contributed by atoms with Gasteiger partial charge in [-0.15, -0.1) is 0 Å². The van der Waals surface area contributed by atoms with Crippen molar-refractivity contribution >= 4 is 11.8 Å². The average Bonchev–Trinajstić information content (AvgIpc) is 2.74. The first-order chi connectivity index (χ1) is 7.63. The lowest BCUT2D eigenvalue weighted by Crippen LogP contribution is -2.58. The zero-order valence-electron chi connectivity index (χ0n) is 9.56. The van der Waals surface area contributed by atoms with Gasteiger partial charge in [0, 0.05) is 19.7 Å². The van der Waals surface area contributed by atoms with Gasteiger partial charge in [-0.05, 0) is 18.8 Å². The van der Waals surface area contributed by atoms with E-state index in [1.54, 1.807) is 9.80 Å². The fourth-order valence-corrected chi connectivity index (χ4v) is 2.45. The number of hydrogen-bond acceptors (Lipinski definition) is 3. The Hall–Kier alpha value is -1.10. The van der Waals surface area contributed by atoms with E-state index in [-0.39, 0.29) is 36.9 Å². The maximum Gasteiger partial charge on any atom is 0.245 e. The van der Waals surface area contributed by atoms with Crippen molar-refractivity contribution < 1.29 is 14.7 Å². The molecule has 2 unspecified atom stereocenters. The van der Waals surface area contributed by atoms with Crippen molar-refractivity contribution in [2.45, 2.75) is 25.8 Å². The predicted molar refractivity (Wildman–Crippen MR) is 57.6 cm³/mol. The van der Waals surface area contributed by atoms with Gasteiger partial charge in [0.05, 0.1) is 6.54 Å². The topological polar surface area (TPSA) is 60.9 Å². The highest BCUT2D eigenvalue weighted by Gasteiger charge is 2.41. The van der Waals surface area contributed by atoms with Crippen LogP contribution in [0.4, 0.5) is 0 Å². The Morgan fingerprint density at radius 1 is 1.50 bits per heavy atom. The van der Waals surface area contributed by atoms with Gasteiger partial charge >= 0.3 is 0 Å². The first-order valence-corrected chi connectivity index (χ1v) is 5.82. The summed E-state index contributed by atoms with van der Waals surface area (Å²) in [6, 6.07) is -0.229. The van der Waals surface area contributed by atoms with E-state index in [0.29, 0.717) is 6.54 Å². The molecule has 0 aromatic rings. The summed E-state index contributed by atoms with van der Waals surface area (Å²) in [7, 11) is 0. The highest BCUT2D eigenvalue weighted by molar-refractivity contribution is 5.95. The van der Waals surface area contributed by atoms with Crippen LogP contribution in [0.5, 0.6) is 0 Å². The second-order valence-electron chi connectivity index (χ2n) is 4.75. The summed E-state index contributed by atoms with van der Waals surface area (Å²) in [5, 5.41) is 8.97. The fourth-order valence-electron chi connectivity index (χ4n) is 2.45. The number of nitrogens with zero attached hydrogens (tertiary/aromatic N) is 2. The molecule has 2 aliphatic heterocycles. The monoisotopic (exact) mass is 226 g/mol. The van der Waals surface area contributed by atoms with Crippen LogP contribution in [0.2, 0.25) is 0 Å². The van der Waals surface area contributed by atoms with Crippen molar-refractivity contribution in [1.82, 2.24) is 9.80 Å². The Balaban J connectivity index is 2.05. The third-order valence-electron chi connectivity index (χ3n) is 3.34. The molecule has 0 spiro atoms. The summed E-state index contributed by atoms with van der Waals surface area (Å²) >= 11 is 0. The average molecular weight is 226 g/mol. The normalized spacial score (nSPS) is 27.2. The summed E-state index contributed by atoms with van der Waals surface area (Å²) < 4.78 is 0. The molecule has 0 saturated carbocycles. The van der Waals surface area contributed by atoms with Gasteiger partial charge in [0.1, 0.15) is 6.04 Å². The van der Waals surface area contributed by atoms with Crippen LogP contribution in [0.25, 0.3) is 0 Å². The molecule has 16 heavy (non-hydrogen) atoms. The second kappa shape index (κ2) is 4.41. The molecule has 0 aliphatic carbocycles. The molecule has 2 aliphatic rings. The van der Waals surface area contributed by atoms with Gasteiger partial charge in [0.25, 0.3) is 0 Å². The Bertz CT molecular complexity index is 306. The lowest BCUT2D eigenvalue weighted by Gasteiger charge is -2.37. The van der Waals surface area contributed by atoms with E-state index < -0.39 is 0 Å². The number of aliphatic hydroxyl groups excluding tert-OH is 1. The van der Waals surface area contributed by atoms with E-state index in [0.717, 1.165) is 19.4 Å². The molecule has 90 valence electrons. The van der Waals surface area contributed by atoms with Gasteiger partial charge in [-0.3, -0.25) is 9.59 Å². The largest absolute Gasteiger partial charge is 0.396 e. The van der Waals surface area contributed by atoms with Crippen LogP contribution in [-0.2, 0) is 9.59 Å². The lowest BCUT2D eigenvalue weighted by atomic mass is 10.1. The molecule has 5 heteroatoms. The zero-order chi connectivity index (χ0) is 11.7. The summed E-state index contributed by atoms with van der Waals surface area (Å²) in [4.78, 5) is 27.1. The zero-order valence-corrected chi connectivity index (χ0v) is 9.56. The number of carbonyl (C=O) groups is 2. The van der Waals surface area contributed by atoms with E-state index in [2.05, 4.69) is 0 Å². The first kappa shape index (κ1) is 11.4. The fraction of sp³-hybridized carbons (Fsp3) is 0.818. The molecule has 2 heterocycles. The molecule has 2 saturated heterocycles. The molecule has 5 nitrogen and oxygen atoms in total. The third kappa shape index (κ3) is 1.91. The smallest absolute Gasteiger partial charge is 0.245 e. The van der Waals surface area contributed by atoms with E-state index >= 15 is 0 Å². The number of piperazine rings is 1. The van der Waals surface area contributed by atoms with Crippen molar-refractivity contribution in [2.75, 3.05) is 26.2 Å². The third-order valence-corrected chi connectivity index (χ3v) is 3.34. The number of carbonyl (C=O) groups excluding carboxylic acids is 2. The molecule has 2 atom stereocenters. The van der Waals surface area contributed by atoms with Gasteiger partial charge in [-0.25, -0.2) is 0 Å². The highest BCUT2D eigenvalue weighted by atomic mass is 16.3. The predicted octanol–water partition coefficient (Wildman–Crippen LogP) is -0.552. The molecule has 1 N–H and O–H groups in total. The standard InChI is InChI=1S/C11H18N2O3/c1-8(7-14)5-12-6-10(15)13-4-2-3-9(13)11(12)16/h8-9,14H,2-7H2,1H3. The van der Waals surface area contributed by atoms with E-state index in [1.165, 1.54) is 0 Å². The van der Waals surface area contributed by atoms with Crippen LogP contribution in [0.1, 0.15) is 19.8 Å². The lowest BCUT2D eigenvalue weighted by molar-refractivity contribution is -0.154. The van der Waals surface area contributed by atoms with E-state index in [4.69, 9.17) is 5.11 Å². The Morgan fingerprint density at radius 3 is 2.94 bits per heavy atom. The second-order valence-corrected chi connectivity index (χ2v) is 4.75.